The first-order chi connectivity index (χ1) is 14.5. The minimum atomic E-state index is 0. The zero-order chi connectivity index (χ0) is 21.5. The van der Waals surface area contributed by atoms with Gasteiger partial charge in [0.15, 0.2) is 5.96 Å². The number of ether oxygens (including phenoxy) is 1. The van der Waals surface area contributed by atoms with Crippen LogP contribution in [0.2, 0.25) is 0 Å². The van der Waals surface area contributed by atoms with E-state index in [2.05, 4.69) is 50.8 Å². The number of para-hydroxylation sites is 1. The van der Waals surface area contributed by atoms with Gasteiger partial charge in [-0.15, -0.1) is 24.0 Å². The Kier molecular flexibility index (Phi) is 9.29. The number of halogens is 1. The lowest BCUT2D eigenvalue weighted by atomic mass is 10.1. The Hall–Kier alpha value is -2.62. The summed E-state index contributed by atoms with van der Waals surface area (Å²) < 4.78 is 7.57. The van der Waals surface area contributed by atoms with Crippen LogP contribution in [0.4, 0.5) is 0 Å². The van der Waals surface area contributed by atoms with Crippen molar-refractivity contribution in [2.24, 2.45) is 4.99 Å². The molecule has 0 aliphatic carbocycles. The smallest absolute Gasteiger partial charge is 0.213 e. The first kappa shape index (κ1) is 24.6. The number of pyridine rings is 1. The molecule has 1 aromatic carbocycles. The summed E-state index contributed by atoms with van der Waals surface area (Å²) >= 11 is 0. The van der Waals surface area contributed by atoms with Crippen molar-refractivity contribution in [3.8, 4) is 11.6 Å². The van der Waals surface area contributed by atoms with Crippen LogP contribution >= 0.6 is 24.0 Å². The molecule has 0 bridgehead atoms. The van der Waals surface area contributed by atoms with E-state index in [0.29, 0.717) is 19.0 Å². The van der Waals surface area contributed by atoms with Crippen LogP contribution in [0.25, 0.3) is 5.69 Å². The quantitative estimate of drug-likeness (QED) is 0.271. The van der Waals surface area contributed by atoms with Crippen LogP contribution < -0.4 is 15.4 Å². The Morgan fingerprint density at radius 1 is 1.10 bits per heavy atom. The van der Waals surface area contributed by atoms with E-state index in [-0.39, 0.29) is 30.1 Å². The van der Waals surface area contributed by atoms with Gasteiger partial charge < -0.3 is 15.4 Å². The minimum Gasteiger partial charge on any atom is -0.475 e. The zero-order valence-corrected chi connectivity index (χ0v) is 21.0. The van der Waals surface area contributed by atoms with E-state index in [0.717, 1.165) is 34.2 Å². The second-order valence-corrected chi connectivity index (χ2v) is 7.42. The van der Waals surface area contributed by atoms with Crippen molar-refractivity contribution in [2.75, 3.05) is 7.05 Å². The molecule has 0 saturated heterocycles. The number of aliphatic imine (C=N–C) groups is 1. The van der Waals surface area contributed by atoms with E-state index in [9.17, 15) is 0 Å². The molecule has 2 heterocycles. The van der Waals surface area contributed by atoms with Gasteiger partial charge in [-0.3, -0.25) is 4.99 Å². The lowest BCUT2D eigenvalue weighted by molar-refractivity contribution is 0.232. The Morgan fingerprint density at radius 3 is 2.45 bits per heavy atom. The molecule has 0 aliphatic heterocycles. The van der Waals surface area contributed by atoms with E-state index < -0.39 is 0 Å². The van der Waals surface area contributed by atoms with Crippen LogP contribution in [0.5, 0.6) is 5.88 Å². The van der Waals surface area contributed by atoms with Gasteiger partial charge in [-0.05, 0) is 51.0 Å². The van der Waals surface area contributed by atoms with Crippen LogP contribution in [-0.4, -0.2) is 33.9 Å². The zero-order valence-electron chi connectivity index (χ0n) is 18.7. The maximum atomic E-state index is 5.59. The van der Waals surface area contributed by atoms with Crippen molar-refractivity contribution in [3.63, 3.8) is 0 Å². The summed E-state index contributed by atoms with van der Waals surface area (Å²) in [5.74, 6) is 1.36. The van der Waals surface area contributed by atoms with E-state index in [1.807, 2.05) is 55.9 Å². The number of hydrogen-bond acceptors (Lipinski definition) is 4. The molecule has 166 valence electrons. The van der Waals surface area contributed by atoms with Gasteiger partial charge in [0.2, 0.25) is 5.88 Å². The standard InChI is InChI=1S/C23H30N6O.HI/c1-16(2)30-22-11-10-19(13-25-22)14-26-23(24-5)27-15-20-8-6-7-9-21(20)29-18(4)12-17(3)28-29;/h6-13,16H,14-15H2,1-5H3,(H2,24,26,27);1H. The second kappa shape index (κ2) is 11.7. The van der Waals surface area contributed by atoms with Crippen molar-refractivity contribution < 1.29 is 4.74 Å². The monoisotopic (exact) mass is 534 g/mol. The highest BCUT2D eigenvalue weighted by Crippen LogP contribution is 2.17. The summed E-state index contributed by atoms with van der Waals surface area (Å²) in [5.41, 5.74) is 5.38. The SMILES string of the molecule is CN=C(NCc1ccc(OC(C)C)nc1)NCc1ccccc1-n1nc(C)cc1C.I. The third-order valence-corrected chi connectivity index (χ3v) is 4.51. The molecule has 3 rings (SSSR count). The van der Waals surface area contributed by atoms with Crippen LogP contribution in [0, 0.1) is 13.8 Å². The number of benzene rings is 1. The highest BCUT2D eigenvalue weighted by atomic mass is 127. The Bertz CT molecular complexity index is 998. The molecule has 0 aliphatic rings. The topological polar surface area (TPSA) is 76.4 Å². The lowest BCUT2D eigenvalue weighted by Crippen LogP contribution is -2.36. The molecule has 0 saturated carbocycles. The average molecular weight is 534 g/mol. The molecule has 2 aromatic heterocycles. The molecule has 3 aromatic rings. The van der Waals surface area contributed by atoms with E-state index in [1.54, 1.807) is 7.05 Å². The maximum Gasteiger partial charge on any atom is 0.213 e. The fraction of sp³-hybridized carbons (Fsp3) is 0.348. The van der Waals surface area contributed by atoms with Crippen molar-refractivity contribution in [1.29, 1.82) is 0 Å². The third kappa shape index (κ3) is 6.95. The van der Waals surface area contributed by atoms with E-state index in [1.165, 1.54) is 0 Å². The molecule has 31 heavy (non-hydrogen) atoms. The average Bonchev–Trinajstić information content (AvgIpc) is 3.07. The van der Waals surface area contributed by atoms with E-state index in [4.69, 9.17) is 4.74 Å². The highest BCUT2D eigenvalue weighted by Gasteiger charge is 2.09. The van der Waals surface area contributed by atoms with Gasteiger partial charge in [-0.2, -0.15) is 5.10 Å². The molecular formula is C23H31IN6O. The van der Waals surface area contributed by atoms with Gasteiger partial charge >= 0.3 is 0 Å². The van der Waals surface area contributed by atoms with Gasteiger partial charge in [0, 0.05) is 38.1 Å². The number of guanidine groups is 1. The molecule has 0 unspecified atom stereocenters. The number of aromatic nitrogens is 3. The molecule has 2 N–H and O–H groups in total. The van der Waals surface area contributed by atoms with Crippen molar-refractivity contribution in [3.05, 3.63) is 71.2 Å². The van der Waals surface area contributed by atoms with Crippen LogP contribution in [0.3, 0.4) is 0 Å². The summed E-state index contributed by atoms with van der Waals surface area (Å²) in [6.07, 6.45) is 1.93. The predicted molar refractivity (Wildman–Crippen MR) is 135 cm³/mol. The van der Waals surface area contributed by atoms with Crippen LogP contribution in [0.15, 0.2) is 53.7 Å². The van der Waals surface area contributed by atoms with E-state index >= 15 is 0 Å². The molecule has 8 heteroatoms. The van der Waals surface area contributed by atoms with Gasteiger partial charge in [-0.1, -0.05) is 24.3 Å². The molecule has 0 fully saturated rings. The maximum absolute atomic E-state index is 5.59. The lowest BCUT2D eigenvalue weighted by Gasteiger charge is -2.15. The Morgan fingerprint density at radius 2 is 1.84 bits per heavy atom. The predicted octanol–water partition coefficient (Wildman–Crippen LogP) is 4.15. The molecule has 0 amide bonds. The summed E-state index contributed by atoms with van der Waals surface area (Å²) in [7, 11) is 1.76. The molecule has 0 atom stereocenters. The van der Waals surface area contributed by atoms with Crippen LogP contribution in [-0.2, 0) is 13.1 Å². The summed E-state index contributed by atoms with van der Waals surface area (Å²) in [5, 5.41) is 11.3. The molecular weight excluding hydrogens is 503 g/mol. The normalized spacial score (nSPS) is 11.2. The number of aryl methyl sites for hydroxylation is 2. The van der Waals surface area contributed by atoms with Crippen molar-refractivity contribution in [1.82, 2.24) is 25.4 Å². The fourth-order valence-corrected chi connectivity index (χ4v) is 3.15. The van der Waals surface area contributed by atoms with Gasteiger partial charge in [0.25, 0.3) is 0 Å². The van der Waals surface area contributed by atoms with Crippen molar-refractivity contribution in [2.45, 2.75) is 46.9 Å². The first-order valence-electron chi connectivity index (χ1n) is 10.1. The highest BCUT2D eigenvalue weighted by molar-refractivity contribution is 14.0. The molecule has 0 radical (unpaired) electrons. The summed E-state index contributed by atoms with van der Waals surface area (Å²) in [6.45, 7) is 9.30. The number of rotatable bonds is 7. The first-order valence-corrected chi connectivity index (χ1v) is 10.1. The summed E-state index contributed by atoms with van der Waals surface area (Å²) in [4.78, 5) is 8.67. The number of nitrogens with zero attached hydrogens (tertiary/aromatic N) is 4. The van der Waals surface area contributed by atoms with Crippen LogP contribution in [0.1, 0.15) is 36.4 Å². The largest absolute Gasteiger partial charge is 0.475 e. The number of hydrogen-bond donors (Lipinski definition) is 2. The summed E-state index contributed by atoms with van der Waals surface area (Å²) in [6, 6.07) is 14.2. The molecule has 7 nitrogen and oxygen atoms in total. The number of nitrogens with one attached hydrogen (secondary N) is 2. The second-order valence-electron chi connectivity index (χ2n) is 7.42. The fourth-order valence-electron chi connectivity index (χ4n) is 3.15. The van der Waals surface area contributed by atoms with Crippen molar-refractivity contribution >= 4 is 29.9 Å². The van der Waals surface area contributed by atoms with Gasteiger partial charge in [0.1, 0.15) is 0 Å². The Balaban J connectivity index is 0.00000341. The van der Waals surface area contributed by atoms with Gasteiger partial charge in [0.05, 0.1) is 17.5 Å². The minimum absolute atomic E-state index is 0. The third-order valence-electron chi connectivity index (χ3n) is 4.51. The molecule has 0 spiro atoms. The Labute approximate surface area is 201 Å². The van der Waals surface area contributed by atoms with Gasteiger partial charge in [-0.25, -0.2) is 9.67 Å².